The number of carbonyl (C=O) groups is 1. The molecular weight excluding hydrogens is 258 g/mol. The van der Waals surface area contributed by atoms with Crippen LogP contribution in [0.5, 0.6) is 11.5 Å². The van der Waals surface area contributed by atoms with Crippen LogP contribution in [0.1, 0.15) is 15.9 Å². The van der Waals surface area contributed by atoms with Gasteiger partial charge in [-0.3, -0.25) is 0 Å². The molecule has 0 bridgehead atoms. The van der Waals surface area contributed by atoms with Gasteiger partial charge in [-0.15, -0.1) is 0 Å². The average molecular weight is 271 g/mol. The van der Waals surface area contributed by atoms with E-state index in [0.717, 1.165) is 22.7 Å². The van der Waals surface area contributed by atoms with E-state index in [1.807, 2.05) is 18.2 Å². The highest BCUT2D eigenvalue weighted by Crippen LogP contribution is 2.34. The van der Waals surface area contributed by atoms with E-state index in [2.05, 4.69) is 5.32 Å². The van der Waals surface area contributed by atoms with Gasteiger partial charge in [0.2, 0.25) is 6.79 Å². The SMILES string of the molecule is O=C(O)c1ccc(CNc2ccc3c(c2)OCO3)cc1. The summed E-state index contributed by atoms with van der Waals surface area (Å²) in [7, 11) is 0. The van der Waals surface area contributed by atoms with Gasteiger partial charge in [0.05, 0.1) is 5.56 Å². The van der Waals surface area contributed by atoms with E-state index in [4.69, 9.17) is 14.6 Å². The summed E-state index contributed by atoms with van der Waals surface area (Å²) in [6.45, 7) is 0.870. The number of benzene rings is 2. The summed E-state index contributed by atoms with van der Waals surface area (Å²) in [5.74, 6) is 0.567. The Balaban J connectivity index is 1.65. The molecular formula is C15H13NO4. The molecule has 0 spiro atoms. The second-order valence-electron chi connectivity index (χ2n) is 4.42. The first-order chi connectivity index (χ1) is 9.72. The van der Waals surface area contributed by atoms with Crippen LogP contribution in [0.15, 0.2) is 42.5 Å². The number of carboxylic acid groups (broad SMARTS) is 1. The van der Waals surface area contributed by atoms with Gasteiger partial charge in [0, 0.05) is 18.3 Å². The Labute approximate surface area is 115 Å². The number of carboxylic acids is 1. The van der Waals surface area contributed by atoms with Gasteiger partial charge in [-0.25, -0.2) is 4.79 Å². The predicted molar refractivity (Wildman–Crippen MR) is 73.3 cm³/mol. The number of hydrogen-bond acceptors (Lipinski definition) is 4. The maximum atomic E-state index is 10.8. The Bertz CT molecular complexity index is 637. The zero-order chi connectivity index (χ0) is 13.9. The highest BCUT2D eigenvalue weighted by Gasteiger charge is 2.12. The molecule has 3 rings (SSSR count). The van der Waals surface area contributed by atoms with Crippen molar-refractivity contribution >= 4 is 11.7 Å². The third kappa shape index (κ3) is 2.51. The first kappa shape index (κ1) is 12.3. The molecule has 2 N–H and O–H groups in total. The average Bonchev–Trinajstić information content (AvgIpc) is 2.93. The number of fused-ring (bicyclic) bond motifs is 1. The Kier molecular flexibility index (Phi) is 3.16. The minimum atomic E-state index is -0.916. The maximum Gasteiger partial charge on any atom is 0.335 e. The lowest BCUT2D eigenvalue weighted by Crippen LogP contribution is -2.01. The predicted octanol–water partition coefficient (Wildman–Crippen LogP) is 2.73. The smallest absolute Gasteiger partial charge is 0.335 e. The van der Waals surface area contributed by atoms with Crippen molar-refractivity contribution in [3.8, 4) is 11.5 Å². The Hall–Kier alpha value is -2.69. The van der Waals surface area contributed by atoms with E-state index in [-0.39, 0.29) is 12.4 Å². The second kappa shape index (κ2) is 5.13. The lowest BCUT2D eigenvalue weighted by Gasteiger charge is -2.07. The number of anilines is 1. The summed E-state index contributed by atoms with van der Waals surface area (Å²) in [4.78, 5) is 10.8. The normalized spacial score (nSPS) is 12.2. The third-order valence-electron chi connectivity index (χ3n) is 3.07. The van der Waals surface area contributed by atoms with Crippen LogP contribution in [0.3, 0.4) is 0 Å². The van der Waals surface area contributed by atoms with Gasteiger partial charge in [-0.2, -0.15) is 0 Å². The van der Waals surface area contributed by atoms with Gasteiger partial charge >= 0.3 is 5.97 Å². The van der Waals surface area contributed by atoms with Crippen LogP contribution in [0.4, 0.5) is 5.69 Å². The molecule has 0 saturated carbocycles. The molecule has 5 heteroatoms. The Morgan fingerprint density at radius 3 is 2.60 bits per heavy atom. The molecule has 0 aliphatic carbocycles. The fraction of sp³-hybridized carbons (Fsp3) is 0.133. The first-order valence-corrected chi connectivity index (χ1v) is 6.18. The van der Waals surface area contributed by atoms with Crippen LogP contribution >= 0.6 is 0 Å². The Morgan fingerprint density at radius 1 is 1.10 bits per heavy atom. The van der Waals surface area contributed by atoms with Crippen molar-refractivity contribution in [1.29, 1.82) is 0 Å². The van der Waals surface area contributed by atoms with Gasteiger partial charge in [0.25, 0.3) is 0 Å². The highest BCUT2D eigenvalue weighted by molar-refractivity contribution is 5.87. The summed E-state index contributed by atoms with van der Waals surface area (Å²) in [6, 6.07) is 12.4. The monoisotopic (exact) mass is 271 g/mol. The standard InChI is InChI=1S/C15H13NO4/c17-15(18)11-3-1-10(2-4-11)8-16-12-5-6-13-14(7-12)20-9-19-13/h1-7,16H,8-9H2,(H,17,18). The zero-order valence-corrected chi connectivity index (χ0v) is 10.6. The summed E-state index contributed by atoms with van der Waals surface area (Å²) in [5.41, 5.74) is 2.22. The lowest BCUT2D eigenvalue weighted by molar-refractivity contribution is 0.0697. The fourth-order valence-electron chi connectivity index (χ4n) is 1.98. The molecule has 1 aliphatic heterocycles. The molecule has 2 aromatic carbocycles. The lowest BCUT2D eigenvalue weighted by atomic mass is 10.1. The van der Waals surface area contributed by atoms with E-state index in [0.29, 0.717) is 6.54 Å². The van der Waals surface area contributed by atoms with Crippen LogP contribution in [0.2, 0.25) is 0 Å². The second-order valence-corrected chi connectivity index (χ2v) is 4.42. The van der Waals surface area contributed by atoms with Crippen LogP contribution in [0.25, 0.3) is 0 Å². The van der Waals surface area contributed by atoms with Crippen molar-refractivity contribution in [2.45, 2.75) is 6.54 Å². The van der Waals surface area contributed by atoms with E-state index < -0.39 is 5.97 Å². The van der Waals surface area contributed by atoms with E-state index in [1.165, 1.54) is 0 Å². The Morgan fingerprint density at radius 2 is 1.85 bits per heavy atom. The number of nitrogens with one attached hydrogen (secondary N) is 1. The van der Waals surface area contributed by atoms with Gasteiger partial charge < -0.3 is 19.9 Å². The molecule has 1 heterocycles. The van der Waals surface area contributed by atoms with Crippen LogP contribution in [-0.4, -0.2) is 17.9 Å². The molecule has 0 unspecified atom stereocenters. The van der Waals surface area contributed by atoms with Crippen molar-refractivity contribution in [2.24, 2.45) is 0 Å². The van der Waals surface area contributed by atoms with E-state index in [1.54, 1.807) is 24.3 Å². The molecule has 0 fully saturated rings. The third-order valence-corrected chi connectivity index (χ3v) is 3.07. The highest BCUT2D eigenvalue weighted by atomic mass is 16.7. The molecule has 2 aromatic rings. The minimum Gasteiger partial charge on any atom is -0.478 e. The molecule has 0 aromatic heterocycles. The number of ether oxygens (including phenoxy) is 2. The molecule has 0 saturated heterocycles. The molecule has 0 atom stereocenters. The molecule has 1 aliphatic rings. The van der Waals surface area contributed by atoms with Gasteiger partial charge in [-0.1, -0.05) is 12.1 Å². The van der Waals surface area contributed by atoms with E-state index in [9.17, 15) is 4.79 Å². The summed E-state index contributed by atoms with van der Waals surface area (Å²) >= 11 is 0. The van der Waals surface area contributed by atoms with Crippen LogP contribution in [0, 0.1) is 0 Å². The summed E-state index contributed by atoms with van der Waals surface area (Å²) in [6.07, 6.45) is 0. The van der Waals surface area contributed by atoms with Crippen molar-refractivity contribution in [1.82, 2.24) is 0 Å². The van der Waals surface area contributed by atoms with Crippen molar-refractivity contribution in [3.05, 3.63) is 53.6 Å². The molecule has 5 nitrogen and oxygen atoms in total. The van der Waals surface area contributed by atoms with Crippen molar-refractivity contribution in [2.75, 3.05) is 12.1 Å². The summed E-state index contributed by atoms with van der Waals surface area (Å²) in [5, 5.41) is 12.1. The zero-order valence-electron chi connectivity index (χ0n) is 10.6. The number of rotatable bonds is 4. The number of aromatic carboxylic acids is 1. The van der Waals surface area contributed by atoms with Gasteiger partial charge in [0.15, 0.2) is 11.5 Å². The molecule has 102 valence electrons. The fourth-order valence-corrected chi connectivity index (χ4v) is 1.98. The minimum absolute atomic E-state index is 0.259. The maximum absolute atomic E-state index is 10.8. The first-order valence-electron chi connectivity index (χ1n) is 6.18. The number of hydrogen-bond donors (Lipinski definition) is 2. The largest absolute Gasteiger partial charge is 0.478 e. The van der Waals surface area contributed by atoms with Crippen molar-refractivity contribution in [3.63, 3.8) is 0 Å². The van der Waals surface area contributed by atoms with Crippen LogP contribution in [-0.2, 0) is 6.54 Å². The van der Waals surface area contributed by atoms with Crippen molar-refractivity contribution < 1.29 is 19.4 Å². The topological polar surface area (TPSA) is 67.8 Å². The molecule has 20 heavy (non-hydrogen) atoms. The van der Waals surface area contributed by atoms with Gasteiger partial charge in [-0.05, 0) is 29.8 Å². The molecule has 0 amide bonds. The van der Waals surface area contributed by atoms with Crippen LogP contribution < -0.4 is 14.8 Å². The van der Waals surface area contributed by atoms with Gasteiger partial charge in [0.1, 0.15) is 0 Å². The van der Waals surface area contributed by atoms with E-state index >= 15 is 0 Å². The summed E-state index contributed by atoms with van der Waals surface area (Å²) < 4.78 is 10.6. The molecule has 0 radical (unpaired) electrons. The quantitative estimate of drug-likeness (QED) is 0.895.